The van der Waals surface area contributed by atoms with E-state index in [0.717, 1.165) is 11.4 Å². The van der Waals surface area contributed by atoms with E-state index < -0.39 is 0 Å². The number of benzene rings is 1. The van der Waals surface area contributed by atoms with E-state index in [-0.39, 0.29) is 11.6 Å². The fourth-order valence-electron chi connectivity index (χ4n) is 1.81. The molecule has 1 unspecified atom stereocenters. The summed E-state index contributed by atoms with van der Waals surface area (Å²) in [5.74, 6) is 0.812. The molecule has 0 aliphatic heterocycles. The van der Waals surface area contributed by atoms with Crippen LogP contribution in [-0.2, 0) is 0 Å². The van der Waals surface area contributed by atoms with Crippen LogP contribution in [0.4, 0.5) is 0 Å². The van der Waals surface area contributed by atoms with Crippen molar-refractivity contribution in [1.82, 2.24) is 15.3 Å². The SMILES string of the molecule is CNC(CSc1nc(C)cc(=O)[nH]1)c1ccccc1. The van der Waals surface area contributed by atoms with E-state index in [1.54, 1.807) is 11.8 Å². The molecule has 5 heteroatoms. The Morgan fingerprint density at radius 1 is 1.37 bits per heavy atom. The quantitative estimate of drug-likeness (QED) is 0.648. The molecule has 2 N–H and O–H groups in total. The van der Waals surface area contributed by atoms with Crippen LogP contribution in [0.1, 0.15) is 17.3 Å². The average molecular weight is 275 g/mol. The van der Waals surface area contributed by atoms with Crippen LogP contribution in [0, 0.1) is 6.92 Å². The minimum Gasteiger partial charge on any atom is -0.312 e. The first-order valence-corrected chi connectivity index (χ1v) is 7.10. The number of rotatable bonds is 5. The summed E-state index contributed by atoms with van der Waals surface area (Å²) in [7, 11) is 1.94. The molecular formula is C14H17N3OS. The molecule has 1 aromatic carbocycles. The Balaban J connectivity index is 2.06. The van der Waals surface area contributed by atoms with Gasteiger partial charge < -0.3 is 10.3 Å². The van der Waals surface area contributed by atoms with Crippen molar-refractivity contribution < 1.29 is 0 Å². The maximum absolute atomic E-state index is 11.4. The fourth-order valence-corrected chi connectivity index (χ4v) is 2.88. The third-order valence-electron chi connectivity index (χ3n) is 2.79. The number of thioether (sulfide) groups is 1. The van der Waals surface area contributed by atoms with E-state index in [1.165, 1.54) is 11.6 Å². The van der Waals surface area contributed by atoms with Gasteiger partial charge in [-0.3, -0.25) is 4.79 Å². The minimum absolute atomic E-state index is 0.101. The maximum Gasteiger partial charge on any atom is 0.251 e. The fraction of sp³-hybridized carbons (Fsp3) is 0.286. The van der Waals surface area contributed by atoms with Crippen molar-refractivity contribution in [2.24, 2.45) is 0 Å². The maximum atomic E-state index is 11.4. The number of nitrogens with zero attached hydrogens (tertiary/aromatic N) is 1. The van der Waals surface area contributed by atoms with Crippen LogP contribution in [0.2, 0.25) is 0 Å². The lowest BCUT2D eigenvalue weighted by Crippen LogP contribution is -2.19. The van der Waals surface area contributed by atoms with Crippen LogP contribution in [0.3, 0.4) is 0 Å². The van der Waals surface area contributed by atoms with Crippen LogP contribution in [0.25, 0.3) is 0 Å². The lowest BCUT2D eigenvalue weighted by atomic mass is 10.1. The summed E-state index contributed by atoms with van der Waals surface area (Å²) in [6.45, 7) is 1.83. The molecule has 0 radical (unpaired) electrons. The van der Waals surface area contributed by atoms with Crippen LogP contribution in [0.5, 0.6) is 0 Å². The Labute approximate surface area is 116 Å². The molecule has 0 saturated carbocycles. The van der Waals surface area contributed by atoms with Crippen LogP contribution < -0.4 is 10.9 Å². The Morgan fingerprint density at radius 2 is 2.11 bits per heavy atom. The van der Waals surface area contributed by atoms with Gasteiger partial charge in [-0.2, -0.15) is 0 Å². The van der Waals surface area contributed by atoms with Crippen molar-refractivity contribution >= 4 is 11.8 Å². The highest BCUT2D eigenvalue weighted by Gasteiger charge is 2.10. The predicted octanol–water partition coefficient (Wildman–Crippen LogP) is 2.13. The third-order valence-corrected chi connectivity index (χ3v) is 3.75. The first-order chi connectivity index (χ1) is 9.19. The number of hydrogen-bond donors (Lipinski definition) is 2. The Kier molecular flexibility index (Phi) is 4.76. The highest BCUT2D eigenvalue weighted by atomic mass is 32.2. The van der Waals surface area contributed by atoms with E-state index in [2.05, 4.69) is 27.4 Å². The second kappa shape index (κ2) is 6.54. The standard InChI is InChI=1S/C14H17N3OS/c1-10-8-13(18)17-14(16-10)19-9-12(15-2)11-6-4-3-5-7-11/h3-8,12,15H,9H2,1-2H3,(H,16,17,18). The van der Waals surface area contributed by atoms with Gasteiger partial charge in [-0.15, -0.1) is 0 Å². The summed E-state index contributed by atoms with van der Waals surface area (Å²) in [5, 5.41) is 3.94. The zero-order valence-electron chi connectivity index (χ0n) is 11.0. The van der Waals surface area contributed by atoms with E-state index in [1.807, 2.05) is 32.2 Å². The largest absolute Gasteiger partial charge is 0.312 e. The highest BCUT2D eigenvalue weighted by Crippen LogP contribution is 2.21. The topological polar surface area (TPSA) is 57.8 Å². The summed E-state index contributed by atoms with van der Waals surface area (Å²) in [6.07, 6.45) is 0. The Hall–Kier alpha value is -1.59. The first kappa shape index (κ1) is 13.8. The monoisotopic (exact) mass is 275 g/mol. The van der Waals surface area contributed by atoms with E-state index in [9.17, 15) is 4.79 Å². The molecule has 1 aromatic heterocycles. The normalized spacial score (nSPS) is 12.3. The number of H-pyrrole nitrogens is 1. The molecule has 0 saturated heterocycles. The summed E-state index contributed by atoms with van der Waals surface area (Å²) in [5.41, 5.74) is 1.87. The van der Waals surface area contributed by atoms with E-state index in [0.29, 0.717) is 5.16 Å². The van der Waals surface area contributed by atoms with Gasteiger partial charge in [-0.25, -0.2) is 4.98 Å². The van der Waals surface area contributed by atoms with Crippen molar-refractivity contribution in [3.63, 3.8) is 0 Å². The second-order valence-corrected chi connectivity index (χ2v) is 5.26. The van der Waals surface area contributed by atoms with Crippen LogP contribution in [-0.4, -0.2) is 22.8 Å². The van der Waals surface area contributed by atoms with Gasteiger partial charge in [0.05, 0.1) is 0 Å². The lowest BCUT2D eigenvalue weighted by molar-refractivity contribution is 0.660. The average Bonchev–Trinajstić information content (AvgIpc) is 2.39. The molecule has 1 heterocycles. The van der Waals surface area contributed by atoms with Gasteiger partial charge >= 0.3 is 0 Å². The lowest BCUT2D eigenvalue weighted by Gasteiger charge is -2.15. The van der Waals surface area contributed by atoms with Gasteiger partial charge in [-0.05, 0) is 19.5 Å². The number of hydrogen-bond acceptors (Lipinski definition) is 4. The Bertz CT molecular complexity index is 583. The van der Waals surface area contributed by atoms with Crippen LogP contribution in [0.15, 0.2) is 46.3 Å². The minimum atomic E-state index is -0.101. The van der Waals surface area contributed by atoms with Crippen LogP contribution >= 0.6 is 11.8 Å². The first-order valence-electron chi connectivity index (χ1n) is 6.12. The van der Waals surface area contributed by atoms with Crippen molar-refractivity contribution in [2.45, 2.75) is 18.1 Å². The summed E-state index contributed by atoms with van der Waals surface area (Å²) in [6, 6.07) is 12.0. The molecule has 0 spiro atoms. The van der Waals surface area contributed by atoms with Gasteiger partial charge in [-0.1, -0.05) is 42.1 Å². The van der Waals surface area contributed by atoms with Crippen molar-refractivity contribution in [2.75, 3.05) is 12.8 Å². The molecule has 0 fully saturated rings. The van der Waals surface area contributed by atoms with Gasteiger partial charge in [0.15, 0.2) is 5.16 Å². The van der Waals surface area contributed by atoms with Crippen molar-refractivity contribution in [3.05, 3.63) is 58.0 Å². The highest BCUT2D eigenvalue weighted by molar-refractivity contribution is 7.99. The molecular weight excluding hydrogens is 258 g/mol. The van der Waals surface area contributed by atoms with Gasteiger partial charge in [0.1, 0.15) is 0 Å². The summed E-state index contributed by atoms with van der Waals surface area (Å²) >= 11 is 1.55. The molecule has 19 heavy (non-hydrogen) atoms. The number of nitrogens with one attached hydrogen (secondary N) is 2. The molecule has 0 amide bonds. The van der Waals surface area contributed by atoms with E-state index in [4.69, 9.17) is 0 Å². The zero-order chi connectivity index (χ0) is 13.7. The van der Waals surface area contributed by atoms with Crippen molar-refractivity contribution in [3.8, 4) is 0 Å². The smallest absolute Gasteiger partial charge is 0.251 e. The summed E-state index contributed by atoms with van der Waals surface area (Å²) in [4.78, 5) is 18.4. The molecule has 2 aromatic rings. The molecule has 4 nitrogen and oxygen atoms in total. The van der Waals surface area contributed by atoms with Gasteiger partial charge in [0, 0.05) is 23.6 Å². The zero-order valence-corrected chi connectivity index (χ0v) is 11.8. The number of aromatic nitrogens is 2. The van der Waals surface area contributed by atoms with Gasteiger partial charge in [0.25, 0.3) is 5.56 Å². The molecule has 1 atom stereocenters. The third kappa shape index (κ3) is 3.94. The summed E-state index contributed by atoms with van der Waals surface area (Å²) < 4.78 is 0. The predicted molar refractivity (Wildman–Crippen MR) is 78.6 cm³/mol. The number of aromatic amines is 1. The molecule has 100 valence electrons. The molecule has 0 aliphatic carbocycles. The molecule has 2 rings (SSSR count). The van der Waals surface area contributed by atoms with Crippen molar-refractivity contribution in [1.29, 1.82) is 0 Å². The molecule has 0 bridgehead atoms. The van der Waals surface area contributed by atoms with E-state index >= 15 is 0 Å². The van der Waals surface area contributed by atoms with Gasteiger partial charge in [0.2, 0.25) is 0 Å². The number of aryl methyl sites for hydroxylation is 1. The second-order valence-electron chi connectivity index (χ2n) is 4.25. The molecule has 0 aliphatic rings. The Morgan fingerprint density at radius 3 is 2.74 bits per heavy atom.